The molecule has 0 aliphatic heterocycles. The van der Waals surface area contributed by atoms with Crippen LogP contribution in [0, 0.1) is 35.5 Å². The van der Waals surface area contributed by atoms with E-state index in [9.17, 15) is 0 Å². The van der Waals surface area contributed by atoms with Crippen molar-refractivity contribution in [1.29, 1.82) is 0 Å². The summed E-state index contributed by atoms with van der Waals surface area (Å²) in [6.07, 6.45) is 12.9. The largest absolute Gasteiger partial charge is 0.493 e. The third kappa shape index (κ3) is 6.55. The molecule has 0 amide bonds. The van der Waals surface area contributed by atoms with E-state index in [2.05, 4.69) is 104 Å². The summed E-state index contributed by atoms with van der Waals surface area (Å²) < 4.78 is 13.3. The van der Waals surface area contributed by atoms with E-state index in [4.69, 9.17) is 9.47 Å². The van der Waals surface area contributed by atoms with Gasteiger partial charge in [0, 0.05) is 11.1 Å². The molecular formula is C34H50O2. The van der Waals surface area contributed by atoms with Crippen LogP contribution in [0.25, 0.3) is 0 Å². The molecule has 0 saturated heterocycles. The third-order valence-electron chi connectivity index (χ3n) is 8.45. The topological polar surface area (TPSA) is 18.5 Å². The number of allylic oxidation sites excluding steroid dienone is 4. The Morgan fingerprint density at radius 1 is 0.639 bits per heavy atom. The SMILES string of the molecule is C=CC1CC(C=C)C(COc2cc(C(C)(C)C)c(OCC3CC(C=C)CC3C=C)cc2C(C)(C)C)C1. The van der Waals surface area contributed by atoms with Crippen LogP contribution in [0.4, 0.5) is 0 Å². The molecule has 2 heteroatoms. The fourth-order valence-electron chi connectivity index (χ4n) is 6.11. The van der Waals surface area contributed by atoms with Crippen LogP contribution >= 0.6 is 0 Å². The van der Waals surface area contributed by atoms with Crippen LogP contribution in [0.1, 0.15) is 78.4 Å². The smallest absolute Gasteiger partial charge is 0.123 e. The molecule has 1 aromatic carbocycles. The molecule has 0 bridgehead atoms. The lowest BCUT2D eigenvalue weighted by molar-refractivity contribution is 0.218. The van der Waals surface area contributed by atoms with Crippen LogP contribution in [-0.4, -0.2) is 13.2 Å². The van der Waals surface area contributed by atoms with Gasteiger partial charge in [-0.1, -0.05) is 65.8 Å². The second-order valence-electron chi connectivity index (χ2n) is 13.2. The Morgan fingerprint density at radius 2 is 1.00 bits per heavy atom. The Balaban J connectivity index is 1.89. The fraction of sp³-hybridized carbons (Fsp3) is 0.588. The summed E-state index contributed by atoms with van der Waals surface area (Å²) in [6, 6.07) is 4.51. The van der Waals surface area contributed by atoms with Gasteiger partial charge in [0.1, 0.15) is 11.5 Å². The van der Waals surface area contributed by atoms with Crippen molar-refractivity contribution < 1.29 is 9.47 Å². The molecule has 0 heterocycles. The maximum absolute atomic E-state index is 6.64. The van der Waals surface area contributed by atoms with E-state index in [1.54, 1.807) is 0 Å². The van der Waals surface area contributed by atoms with E-state index in [1.807, 2.05) is 0 Å². The Labute approximate surface area is 221 Å². The summed E-state index contributed by atoms with van der Waals surface area (Å²) in [5.41, 5.74) is 2.28. The van der Waals surface area contributed by atoms with E-state index in [1.165, 1.54) is 11.1 Å². The quantitative estimate of drug-likeness (QED) is 0.304. The molecular weight excluding hydrogens is 440 g/mol. The molecule has 3 rings (SSSR count). The molecule has 6 unspecified atom stereocenters. The Morgan fingerprint density at radius 3 is 1.28 bits per heavy atom. The first-order valence-electron chi connectivity index (χ1n) is 13.9. The lowest BCUT2D eigenvalue weighted by Crippen LogP contribution is -2.22. The van der Waals surface area contributed by atoms with Crippen LogP contribution in [0.3, 0.4) is 0 Å². The maximum atomic E-state index is 6.64. The van der Waals surface area contributed by atoms with Crippen molar-refractivity contribution in [3.05, 3.63) is 73.9 Å². The van der Waals surface area contributed by atoms with Crippen molar-refractivity contribution >= 4 is 0 Å². The molecule has 6 atom stereocenters. The predicted molar refractivity (Wildman–Crippen MR) is 155 cm³/mol. The predicted octanol–water partition coefficient (Wildman–Crippen LogP) is 9.07. The Kier molecular flexibility index (Phi) is 9.02. The normalized spacial score (nSPS) is 28.5. The number of rotatable bonds is 10. The molecule has 198 valence electrons. The molecule has 0 aromatic heterocycles. The lowest BCUT2D eigenvalue weighted by Gasteiger charge is -2.30. The highest BCUT2D eigenvalue weighted by molar-refractivity contribution is 5.51. The van der Waals surface area contributed by atoms with Gasteiger partial charge in [0.25, 0.3) is 0 Å². The summed E-state index contributed by atoms with van der Waals surface area (Å²) in [5, 5.41) is 0. The molecule has 2 aliphatic rings. The van der Waals surface area contributed by atoms with Crippen molar-refractivity contribution in [2.24, 2.45) is 35.5 Å². The van der Waals surface area contributed by atoms with Crippen LogP contribution in [0.15, 0.2) is 62.8 Å². The maximum Gasteiger partial charge on any atom is 0.123 e. The van der Waals surface area contributed by atoms with Gasteiger partial charge in [-0.15, -0.1) is 26.3 Å². The molecule has 2 nitrogen and oxygen atoms in total. The van der Waals surface area contributed by atoms with Crippen molar-refractivity contribution in [3.63, 3.8) is 0 Å². The minimum absolute atomic E-state index is 0.0635. The number of ether oxygens (including phenoxy) is 2. The first-order chi connectivity index (χ1) is 16.9. The van der Waals surface area contributed by atoms with E-state index in [0.717, 1.165) is 37.2 Å². The van der Waals surface area contributed by atoms with Crippen LogP contribution in [-0.2, 0) is 10.8 Å². The van der Waals surface area contributed by atoms with Crippen molar-refractivity contribution in [2.75, 3.05) is 13.2 Å². The zero-order chi connectivity index (χ0) is 26.7. The minimum Gasteiger partial charge on any atom is -0.493 e. The van der Waals surface area contributed by atoms with Gasteiger partial charge >= 0.3 is 0 Å². The van der Waals surface area contributed by atoms with Crippen molar-refractivity contribution in [3.8, 4) is 11.5 Å². The van der Waals surface area contributed by atoms with Gasteiger partial charge < -0.3 is 9.47 Å². The first-order valence-corrected chi connectivity index (χ1v) is 13.9. The van der Waals surface area contributed by atoms with Crippen LogP contribution < -0.4 is 9.47 Å². The van der Waals surface area contributed by atoms with Gasteiger partial charge in [-0.25, -0.2) is 0 Å². The van der Waals surface area contributed by atoms with Gasteiger partial charge in [-0.3, -0.25) is 0 Å². The van der Waals surface area contributed by atoms with Gasteiger partial charge in [0.15, 0.2) is 0 Å². The van der Waals surface area contributed by atoms with Crippen LogP contribution in [0.5, 0.6) is 11.5 Å². The standard InChI is InChI=1S/C34H50O2/c1-11-23-15-25(13-3)27(17-23)21-35-31-19-30(34(8,9)10)32(20-29(31)33(5,6)7)36-22-28-18-24(12-2)16-26(28)14-4/h11-14,19-20,23-28H,1-4,15-18,21-22H2,5-10H3. The molecule has 2 aliphatic carbocycles. The number of hydrogen-bond acceptors (Lipinski definition) is 2. The number of benzene rings is 1. The minimum atomic E-state index is -0.0635. The summed E-state index contributed by atoms with van der Waals surface area (Å²) in [4.78, 5) is 0. The van der Waals surface area contributed by atoms with E-state index >= 15 is 0 Å². The van der Waals surface area contributed by atoms with E-state index < -0.39 is 0 Å². The van der Waals surface area contributed by atoms with Gasteiger partial charge in [-0.2, -0.15) is 0 Å². The average Bonchev–Trinajstić information content (AvgIpc) is 3.42. The Bertz CT molecular complexity index is 863. The highest BCUT2D eigenvalue weighted by atomic mass is 16.5. The second kappa shape index (κ2) is 11.4. The molecule has 0 spiro atoms. The molecule has 1 aromatic rings. The average molecular weight is 491 g/mol. The van der Waals surface area contributed by atoms with Crippen LogP contribution in [0.2, 0.25) is 0 Å². The Hall–Kier alpha value is -2.22. The zero-order valence-corrected chi connectivity index (χ0v) is 23.8. The molecule has 36 heavy (non-hydrogen) atoms. The third-order valence-corrected chi connectivity index (χ3v) is 8.45. The molecule has 0 radical (unpaired) electrons. The summed E-state index contributed by atoms with van der Waals surface area (Å²) in [6.45, 7) is 31.2. The molecule has 0 N–H and O–H groups in total. The number of hydrogen-bond donors (Lipinski definition) is 0. The summed E-state index contributed by atoms with van der Waals surface area (Å²) in [7, 11) is 0. The van der Waals surface area contributed by atoms with Crippen molar-refractivity contribution in [1.82, 2.24) is 0 Å². The summed E-state index contributed by atoms with van der Waals surface area (Å²) >= 11 is 0. The van der Waals surface area contributed by atoms with E-state index in [0.29, 0.717) is 48.7 Å². The first kappa shape index (κ1) is 28.4. The second-order valence-corrected chi connectivity index (χ2v) is 13.2. The highest BCUT2D eigenvalue weighted by Gasteiger charge is 2.34. The highest BCUT2D eigenvalue weighted by Crippen LogP contribution is 2.44. The summed E-state index contributed by atoms with van der Waals surface area (Å²) in [5.74, 6) is 5.01. The van der Waals surface area contributed by atoms with Crippen molar-refractivity contribution in [2.45, 2.75) is 78.1 Å². The monoisotopic (exact) mass is 490 g/mol. The molecule has 2 saturated carbocycles. The fourth-order valence-corrected chi connectivity index (χ4v) is 6.11. The molecule has 2 fully saturated rings. The van der Waals surface area contributed by atoms with Gasteiger partial charge in [0.2, 0.25) is 0 Å². The van der Waals surface area contributed by atoms with E-state index in [-0.39, 0.29) is 10.8 Å². The lowest BCUT2D eigenvalue weighted by atomic mass is 9.80. The van der Waals surface area contributed by atoms with Gasteiger partial charge in [-0.05, 0) is 84.2 Å². The zero-order valence-electron chi connectivity index (χ0n) is 23.8. The van der Waals surface area contributed by atoms with Gasteiger partial charge in [0.05, 0.1) is 13.2 Å².